The third-order valence-corrected chi connectivity index (χ3v) is 3.41. The van der Waals surface area contributed by atoms with Crippen LogP contribution in [0.2, 0.25) is 0 Å². The van der Waals surface area contributed by atoms with Gasteiger partial charge < -0.3 is 9.52 Å². The lowest BCUT2D eigenvalue weighted by molar-refractivity contribution is 0.407. The highest BCUT2D eigenvalue weighted by Gasteiger charge is 2.11. The van der Waals surface area contributed by atoms with Crippen molar-refractivity contribution >= 4 is 29.8 Å². The second-order valence-corrected chi connectivity index (χ2v) is 4.78. The van der Waals surface area contributed by atoms with Gasteiger partial charge in [-0.15, -0.1) is 0 Å². The molecule has 0 fully saturated rings. The van der Waals surface area contributed by atoms with Crippen LogP contribution >= 0.6 is 23.6 Å². The average molecular weight is 254 g/mol. The maximum atomic E-state index is 9.91. The van der Waals surface area contributed by atoms with Crippen LogP contribution in [0.15, 0.2) is 27.8 Å². The molecule has 0 saturated heterocycles. The highest BCUT2D eigenvalue weighted by atomic mass is 32.1. The Morgan fingerprint density at radius 2 is 2.50 bits per heavy atom. The first-order valence-electron chi connectivity index (χ1n) is 4.59. The summed E-state index contributed by atoms with van der Waals surface area (Å²) in [4.78, 5) is 4.53. The predicted octanol–water partition coefficient (Wildman–Crippen LogP) is 2.67. The summed E-state index contributed by atoms with van der Waals surface area (Å²) >= 11 is 6.49. The van der Waals surface area contributed by atoms with Gasteiger partial charge in [-0.05, 0) is 24.4 Å². The number of hydrogen-bond donors (Lipinski definition) is 1. The fourth-order valence-electron chi connectivity index (χ4n) is 1.31. The molecule has 0 radical (unpaired) electrons. The second kappa shape index (κ2) is 4.63. The fourth-order valence-corrected chi connectivity index (χ4v) is 2.54. The molecule has 6 heteroatoms. The van der Waals surface area contributed by atoms with Gasteiger partial charge in [-0.3, -0.25) is 9.56 Å². The van der Waals surface area contributed by atoms with E-state index in [1.165, 1.54) is 11.3 Å². The monoisotopic (exact) mass is 254 g/mol. The highest BCUT2D eigenvalue weighted by Crippen LogP contribution is 2.25. The summed E-state index contributed by atoms with van der Waals surface area (Å²) in [6, 6.07) is 3.64. The molecule has 0 amide bonds. The first-order chi connectivity index (χ1) is 7.72. The van der Waals surface area contributed by atoms with E-state index < -0.39 is 0 Å². The van der Waals surface area contributed by atoms with Crippen molar-refractivity contribution in [2.24, 2.45) is 4.99 Å². The molecule has 0 bridgehead atoms. The van der Waals surface area contributed by atoms with E-state index in [4.69, 9.17) is 16.6 Å². The van der Waals surface area contributed by atoms with Crippen LogP contribution in [0.25, 0.3) is 0 Å². The topological polar surface area (TPSA) is 50.7 Å². The van der Waals surface area contributed by atoms with E-state index in [1.807, 2.05) is 6.07 Å². The van der Waals surface area contributed by atoms with E-state index in [-0.39, 0.29) is 5.88 Å². The summed E-state index contributed by atoms with van der Waals surface area (Å²) < 4.78 is 7.43. The SMILES string of the molecule is CN=Cc1sc(=S)n(Cc2ccco2)c1O. The van der Waals surface area contributed by atoms with Gasteiger partial charge in [0.15, 0.2) is 3.95 Å². The fraction of sp³-hybridized carbons (Fsp3) is 0.200. The third kappa shape index (κ3) is 2.07. The van der Waals surface area contributed by atoms with Crippen LogP contribution in [0.3, 0.4) is 0 Å². The number of hydrogen-bond acceptors (Lipinski definition) is 5. The summed E-state index contributed by atoms with van der Waals surface area (Å²) in [6.07, 6.45) is 3.19. The molecule has 0 atom stereocenters. The van der Waals surface area contributed by atoms with Crippen molar-refractivity contribution in [1.29, 1.82) is 0 Å². The molecule has 2 aromatic rings. The minimum atomic E-state index is 0.136. The molecular weight excluding hydrogens is 244 g/mol. The van der Waals surface area contributed by atoms with Gasteiger partial charge in [0.05, 0.1) is 12.8 Å². The van der Waals surface area contributed by atoms with Crippen LogP contribution in [0.5, 0.6) is 5.88 Å². The summed E-state index contributed by atoms with van der Waals surface area (Å²) in [5.74, 6) is 0.890. The molecule has 1 N–H and O–H groups in total. The van der Waals surface area contributed by atoms with Crippen molar-refractivity contribution < 1.29 is 9.52 Å². The van der Waals surface area contributed by atoms with Crippen molar-refractivity contribution in [2.75, 3.05) is 7.05 Å². The van der Waals surface area contributed by atoms with Crippen LogP contribution < -0.4 is 0 Å². The zero-order chi connectivity index (χ0) is 11.5. The molecule has 0 aromatic carbocycles. The Bertz CT molecular complexity index is 552. The summed E-state index contributed by atoms with van der Waals surface area (Å²) in [5.41, 5.74) is 0. The Balaban J connectivity index is 2.38. The van der Waals surface area contributed by atoms with E-state index in [1.54, 1.807) is 30.2 Å². The van der Waals surface area contributed by atoms with Gasteiger partial charge in [0.25, 0.3) is 0 Å². The van der Waals surface area contributed by atoms with Gasteiger partial charge in [0.1, 0.15) is 10.6 Å². The quantitative estimate of drug-likeness (QED) is 0.676. The standard InChI is InChI=1S/C10H10N2O2S2/c1-11-5-8-9(13)12(10(15)16-8)6-7-3-2-4-14-7/h2-5,13H,6H2,1H3. The third-order valence-electron chi connectivity index (χ3n) is 2.03. The number of aliphatic imine (C=N–C) groups is 1. The molecule has 84 valence electrons. The van der Waals surface area contributed by atoms with Crippen LogP contribution in [-0.2, 0) is 6.54 Å². The zero-order valence-electron chi connectivity index (χ0n) is 8.58. The molecule has 2 rings (SSSR count). The van der Waals surface area contributed by atoms with Crippen molar-refractivity contribution in [2.45, 2.75) is 6.54 Å². The lowest BCUT2D eigenvalue weighted by Gasteiger charge is -2.01. The van der Waals surface area contributed by atoms with Gasteiger partial charge >= 0.3 is 0 Å². The van der Waals surface area contributed by atoms with Crippen molar-refractivity contribution in [3.63, 3.8) is 0 Å². The Labute approximate surface area is 101 Å². The van der Waals surface area contributed by atoms with Crippen LogP contribution in [0.1, 0.15) is 10.6 Å². The van der Waals surface area contributed by atoms with Crippen LogP contribution in [0, 0.1) is 3.95 Å². The minimum Gasteiger partial charge on any atom is -0.493 e. The van der Waals surface area contributed by atoms with E-state index in [9.17, 15) is 5.11 Å². The lowest BCUT2D eigenvalue weighted by atomic mass is 10.4. The largest absolute Gasteiger partial charge is 0.493 e. The number of rotatable bonds is 3. The summed E-state index contributed by atoms with van der Waals surface area (Å²) in [7, 11) is 1.65. The normalized spacial score (nSPS) is 11.3. The van der Waals surface area contributed by atoms with E-state index in [0.717, 1.165) is 5.76 Å². The molecular formula is C10H10N2O2S2. The van der Waals surface area contributed by atoms with Crippen molar-refractivity contribution in [1.82, 2.24) is 4.57 Å². The van der Waals surface area contributed by atoms with E-state index in [2.05, 4.69) is 4.99 Å². The smallest absolute Gasteiger partial charge is 0.212 e. The molecule has 16 heavy (non-hydrogen) atoms. The van der Waals surface area contributed by atoms with Crippen molar-refractivity contribution in [3.05, 3.63) is 33.0 Å². The average Bonchev–Trinajstić information content (AvgIpc) is 2.84. The molecule has 0 aliphatic rings. The first-order valence-corrected chi connectivity index (χ1v) is 5.82. The van der Waals surface area contributed by atoms with E-state index in [0.29, 0.717) is 15.4 Å². The van der Waals surface area contributed by atoms with Gasteiger partial charge in [-0.1, -0.05) is 11.3 Å². The number of furan rings is 1. The number of thiazole rings is 1. The second-order valence-electron chi connectivity index (χ2n) is 3.11. The van der Waals surface area contributed by atoms with Crippen molar-refractivity contribution in [3.8, 4) is 5.88 Å². The Kier molecular flexibility index (Phi) is 3.21. The van der Waals surface area contributed by atoms with Gasteiger partial charge in [-0.25, -0.2) is 0 Å². The molecule has 0 saturated carbocycles. The molecule has 0 aliphatic carbocycles. The molecule has 2 aromatic heterocycles. The Hall–Kier alpha value is -1.40. The molecule has 0 spiro atoms. The van der Waals surface area contributed by atoms with Gasteiger partial charge in [0, 0.05) is 13.3 Å². The van der Waals surface area contributed by atoms with Gasteiger partial charge in [-0.2, -0.15) is 0 Å². The molecule has 0 aliphatic heterocycles. The maximum Gasteiger partial charge on any atom is 0.212 e. The van der Waals surface area contributed by atoms with Gasteiger partial charge in [0.2, 0.25) is 5.88 Å². The van der Waals surface area contributed by atoms with Crippen LogP contribution in [0.4, 0.5) is 0 Å². The minimum absolute atomic E-state index is 0.136. The molecule has 2 heterocycles. The molecule has 0 unspecified atom stereocenters. The summed E-state index contributed by atoms with van der Waals surface area (Å²) in [6.45, 7) is 0.436. The summed E-state index contributed by atoms with van der Waals surface area (Å²) in [5, 5.41) is 9.91. The maximum absolute atomic E-state index is 9.91. The zero-order valence-corrected chi connectivity index (χ0v) is 10.2. The number of nitrogens with zero attached hydrogens (tertiary/aromatic N) is 2. The predicted molar refractivity (Wildman–Crippen MR) is 66.1 cm³/mol. The highest BCUT2D eigenvalue weighted by molar-refractivity contribution is 7.73. The number of aromatic nitrogens is 1. The van der Waals surface area contributed by atoms with E-state index >= 15 is 0 Å². The molecule has 4 nitrogen and oxygen atoms in total. The number of aromatic hydroxyl groups is 1. The van der Waals surface area contributed by atoms with Crippen LogP contribution in [-0.4, -0.2) is 22.9 Å². The Morgan fingerprint density at radius 1 is 1.69 bits per heavy atom. The Morgan fingerprint density at radius 3 is 3.12 bits per heavy atom. The first kappa shape index (κ1) is 11.1. The lowest BCUT2D eigenvalue weighted by Crippen LogP contribution is -1.97.